The maximum atomic E-state index is 12.2. The average molecular weight is 334 g/mol. The van der Waals surface area contributed by atoms with Crippen molar-refractivity contribution in [3.8, 4) is 5.75 Å². The van der Waals surface area contributed by atoms with Crippen LogP contribution in [0.25, 0.3) is 0 Å². The van der Waals surface area contributed by atoms with Gasteiger partial charge < -0.3 is 20.1 Å². The van der Waals surface area contributed by atoms with Gasteiger partial charge in [0.25, 0.3) is 0 Å². The number of aliphatic carboxylic acids is 1. The zero-order valence-corrected chi connectivity index (χ0v) is 13.7. The molecule has 1 heterocycles. The standard InChI is InChI=1S/C17H22N2O5/c1-19-9-8-12(11-15(19)20)17(23)18-13-4-6-14(7-5-13)24-10-2-3-16(21)22/h4-7,12H,2-3,8-11H2,1H3,(H,18,23)(H,21,22). The molecular weight excluding hydrogens is 312 g/mol. The van der Waals surface area contributed by atoms with Gasteiger partial charge in [-0.05, 0) is 37.1 Å². The Hall–Kier alpha value is -2.57. The maximum Gasteiger partial charge on any atom is 0.303 e. The molecule has 1 aromatic carbocycles. The molecule has 1 unspecified atom stereocenters. The van der Waals surface area contributed by atoms with Crippen molar-refractivity contribution in [3.05, 3.63) is 24.3 Å². The number of nitrogens with one attached hydrogen (secondary N) is 1. The van der Waals surface area contributed by atoms with E-state index in [1.807, 2.05) is 0 Å². The van der Waals surface area contributed by atoms with Crippen molar-refractivity contribution < 1.29 is 24.2 Å². The number of hydrogen-bond donors (Lipinski definition) is 2. The van der Waals surface area contributed by atoms with Gasteiger partial charge in [0.05, 0.1) is 6.61 Å². The third kappa shape index (κ3) is 5.26. The van der Waals surface area contributed by atoms with Crippen molar-refractivity contribution >= 4 is 23.5 Å². The number of hydrogen-bond acceptors (Lipinski definition) is 4. The Kier molecular flexibility index (Phi) is 6.17. The lowest BCUT2D eigenvalue weighted by molar-refractivity contribution is -0.137. The van der Waals surface area contributed by atoms with Crippen LogP contribution in [0.1, 0.15) is 25.7 Å². The highest BCUT2D eigenvalue weighted by atomic mass is 16.5. The van der Waals surface area contributed by atoms with Crippen molar-refractivity contribution in [1.29, 1.82) is 0 Å². The monoisotopic (exact) mass is 334 g/mol. The molecule has 1 fully saturated rings. The normalized spacial score (nSPS) is 17.5. The van der Waals surface area contributed by atoms with Crippen LogP contribution in [0.5, 0.6) is 5.75 Å². The molecule has 1 saturated heterocycles. The molecule has 1 aromatic rings. The van der Waals surface area contributed by atoms with Gasteiger partial charge in [0.15, 0.2) is 0 Å². The van der Waals surface area contributed by atoms with Gasteiger partial charge in [0.1, 0.15) is 5.75 Å². The minimum atomic E-state index is -0.843. The summed E-state index contributed by atoms with van der Waals surface area (Å²) in [5.74, 6) is -0.671. The van der Waals surface area contributed by atoms with E-state index in [9.17, 15) is 14.4 Å². The fraction of sp³-hybridized carbons (Fsp3) is 0.471. The molecule has 24 heavy (non-hydrogen) atoms. The quantitative estimate of drug-likeness (QED) is 0.741. The zero-order chi connectivity index (χ0) is 17.5. The summed E-state index contributed by atoms with van der Waals surface area (Å²) in [5, 5.41) is 11.4. The first-order valence-corrected chi connectivity index (χ1v) is 7.95. The van der Waals surface area contributed by atoms with E-state index >= 15 is 0 Å². The number of anilines is 1. The van der Waals surface area contributed by atoms with Crippen LogP contribution in [0.4, 0.5) is 5.69 Å². The Bertz CT molecular complexity index is 600. The molecule has 0 aliphatic carbocycles. The number of likely N-dealkylation sites (tertiary alicyclic amines) is 1. The van der Waals surface area contributed by atoms with E-state index in [4.69, 9.17) is 9.84 Å². The highest BCUT2D eigenvalue weighted by Crippen LogP contribution is 2.21. The van der Waals surface area contributed by atoms with Crippen molar-refractivity contribution in [2.75, 3.05) is 25.5 Å². The van der Waals surface area contributed by atoms with Gasteiger partial charge in [-0.15, -0.1) is 0 Å². The summed E-state index contributed by atoms with van der Waals surface area (Å²) in [4.78, 5) is 35.9. The third-order valence-electron chi connectivity index (χ3n) is 3.96. The predicted molar refractivity (Wildman–Crippen MR) is 87.8 cm³/mol. The highest BCUT2D eigenvalue weighted by Gasteiger charge is 2.28. The molecule has 1 atom stereocenters. The molecule has 1 aliphatic heterocycles. The largest absolute Gasteiger partial charge is 0.494 e. The number of carbonyl (C=O) groups is 3. The Balaban J connectivity index is 1.79. The summed E-state index contributed by atoms with van der Waals surface area (Å²) in [7, 11) is 1.74. The lowest BCUT2D eigenvalue weighted by atomic mass is 9.95. The van der Waals surface area contributed by atoms with E-state index < -0.39 is 5.97 Å². The molecule has 0 saturated carbocycles. The van der Waals surface area contributed by atoms with Crippen LogP contribution in [0.15, 0.2) is 24.3 Å². The fourth-order valence-corrected chi connectivity index (χ4v) is 2.46. The first-order chi connectivity index (χ1) is 11.5. The zero-order valence-electron chi connectivity index (χ0n) is 13.7. The molecule has 130 valence electrons. The van der Waals surface area contributed by atoms with Gasteiger partial charge in [-0.2, -0.15) is 0 Å². The number of rotatable bonds is 7. The number of carboxylic acids is 1. The number of piperidine rings is 1. The van der Waals surface area contributed by atoms with Crippen LogP contribution in [0.2, 0.25) is 0 Å². The Morgan fingerprint density at radius 1 is 1.33 bits per heavy atom. The molecule has 2 rings (SSSR count). The van der Waals surface area contributed by atoms with Crippen LogP contribution in [0, 0.1) is 5.92 Å². The Morgan fingerprint density at radius 2 is 2.04 bits per heavy atom. The highest BCUT2D eigenvalue weighted by molar-refractivity contribution is 5.95. The summed E-state index contributed by atoms with van der Waals surface area (Å²) >= 11 is 0. The summed E-state index contributed by atoms with van der Waals surface area (Å²) in [5.41, 5.74) is 0.643. The molecule has 2 amide bonds. The first-order valence-electron chi connectivity index (χ1n) is 7.95. The van der Waals surface area contributed by atoms with E-state index in [2.05, 4.69) is 5.32 Å². The first kappa shape index (κ1) is 17.8. The van der Waals surface area contributed by atoms with Crippen molar-refractivity contribution in [2.24, 2.45) is 5.92 Å². The number of carbonyl (C=O) groups excluding carboxylic acids is 2. The molecule has 7 heteroatoms. The molecule has 0 radical (unpaired) electrons. The number of amides is 2. The van der Waals surface area contributed by atoms with Gasteiger partial charge in [-0.3, -0.25) is 14.4 Å². The molecule has 0 aromatic heterocycles. The van der Waals surface area contributed by atoms with Crippen LogP contribution in [-0.4, -0.2) is 48.0 Å². The van der Waals surface area contributed by atoms with E-state index in [1.165, 1.54) is 0 Å². The van der Waals surface area contributed by atoms with Gasteiger partial charge in [-0.1, -0.05) is 0 Å². The van der Waals surface area contributed by atoms with Crippen molar-refractivity contribution in [1.82, 2.24) is 4.90 Å². The summed E-state index contributed by atoms with van der Waals surface area (Å²) in [6.07, 6.45) is 1.42. The number of ether oxygens (including phenoxy) is 1. The Labute approximate surface area is 140 Å². The summed E-state index contributed by atoms with van der Waals surface area (Å²) < 4.78 is 5.43. The van der Waals surface area contributed by atoms with Gasteiger partial charge in [0, 0.05) is 38.0 Å². The van der Waals surface area contributed by atoms with E-state index in [0.29, 0.717) is 37.4 Å². The summed E-state index contributed by atoms with van der Waals surface area (Å²) in [6, 6.07) is 6.88. The number of benzene rings is 1. The maximum absolute atomic E-state index is 12.2. The Morgan fingerprint density at radius 3 is 2.67 bits per heavy atom. The van der Waals surface area contributed by atoms with Crippen LogP contribution in [0.3, 0.4) is 0 Å². The van der Waals surface area contributed by atoms with Crippen molar-refractivity contribution in [3.63, 3.8) is 0 Å². The fourth-order valence-electron chi connectivity index (χ4n) is 2.46. The number of carboxylic acid groups (broad SMARTS) is 1. The van der Waals surface area contributed by atoms with Crippen LogP contribution >= 0.6 is 0 Å². The second-order valence-corrected chi connectivity index (χ2v) is 5.86. The molecule has 7 nitrogen and oxygen atoms in total. The smallest absolute Gasteiger partial charge is 0.303 e. The lowest BCUT2D eigenvalue weighted by Gasteiger charge is -2.27. The van der Waals surface area contributed by atoms with Crippen molar-refractivity contribution in [2.45, 2.75) is 25.7 Å². The number of nitrogens with zero attached hydrogens (tertiary/aromatic N) is 1. The summed E-state index contributed by atoms with van der Waals surface area (Å²) in [6.45, 7) is 0.926. The van der Waals surface area contributed by atoms with E-state index in [1.54, 1.807) is 36.2 Å². The van der Waals surface area contributed by atoms with Gasteiger partial charge in [-0.25, -0.2) is 0 Å². The molecular formula is C17H22N2O5. The third-order valence-corrected chi connectivity index (χ3v) is 3.96. The molecule has 0 bridgehead atoms. The minimum absolute atomic E-state index is 0.00786. The lowest BCUT2D eigenvalue weighted by Crippen LogP contribution is -2.39. The predicted octanol–water partition coefficient (Wildman–Crippen LogP) is 1.74. The molecule has 1 aliphatic rings. The van der Waals surface area contributed by atoms with Gasteiger partial charge >= 0.3 is 5.97 Å². The van der Waals surface area contributed by atoms with Gasteiger partial charge in [0.2, 0.25) is 11.8 Å². The topological polar surface area (TPSA) is 95.9 Å². The second-order valence-electron chi connectivity index (χ2n) is 5.86. The van der Waals surface area contributed by atoms with E-state index in [-0.39, 0.29) is 30.6 Å². The second kappa shape index (κ2) is 8.33. The SMILES string of the molecule is CN1CCC(C(=O)Nc2ccc(OCCCC(=O)O)cc2)CC1=O. The minimum Gasteiger partial charge on any atom is -0.494 e. The average Bonchev–Trinajstić information content (AvgIpc) is 2.55. The van der Waals surface area contributed by atoms with Crippen LogP contribution in [-0.2, 0) is 14.4 Å². The van der Waals surface area contributed by atoms with E-state index in [0.717, 1.165) is 0 Å². The molecule has 0 spiro atoms. The molecule has 2 N–H and O–H groups in total. The van der Waals surface area contributed by atoms with Crippen LogP contribution < -0.4 is 10.1 Å².